The highest BCUT2D eigenvalue weighted by molar-refractivity contribution is 5.41. The zero-order valence-electron chi connectivity index (χ0n) is 29.3. The first-order chi connectivity index (χ1) is 23.8. The van der Waals surface area contributed by atoms with Gasteiger partial charge < -0.3 is 67.3 Å². The minimum absolute atomic E-state index is 0.475. The van der Waals surface area contributed by atoms with Crippen LogP contribution in [-0.2, 0) is 56.8 Å². The summed E-state index contributed by atoms with van der Waals surface area (Å²) in [5.41, 5.74) is 6.35. The Morgan fingerprint density at radius 3 is 0.812 bits per heavy atom. The molecule has 1 rings (SSSR count). The SMILES string of the molecule is CCCCOCCOCCOCCOCCOCCOCCOCCOCCOCCOCCOCCOCCOc1ccc(N)cc1. The van der Waals surface area contributed by atoms with Gasteiger partial charge >= 0.3 is 0 Å². The van der Waals surface area contributed by atoms with E-state index in [1.54, 1.807) is 12.1 Å². The predicted octanol–water partition coefficient (Wildman–Crippen LogP) is 2.65. The van der Waals surface area contributed by atoms with Crippen molar-refractivity contribution in [2.75, 3.05) is 171 Å². The highest BCUT2D eigenvalue weighted by Gasteiger charge is 1.98. The molecule has 0 amide bonds. The van der Waals surface area contributed by atoms with Gasteiger partial charge in [-0.2, -0.15) is 0 Å². The van der Waals surface area contributed by atoms with Gasteiger partial charge in [0.05, 0.1) is 152 Å². The number of benzene rings is 1. The van der Waals surface area contributed by atoms with E-state index in [0.29, 0.717) is 164 Å². The van der Waals surface area contributed by atoms with Crippen LogP contribution in [0.15, 0.2) is 24.3 Å². The molecule has 14 nitrogen and oxygen atoms in total. The third kappa shape index (κ3) is 34.2. The molecule has 0 aromatic heterocycles. The number of nitrogens with two attached hydrogens (primary N) is 1. The third-order valence-corrected chi connectivity index (χ3v) is 6.11. The molecule has 0 unspecified atom stereocenters. The van der Waals surface area contributed by atoms with Crippen LogP contribution in [-0.4, -0.2) is 165 Å². The Morgan fingerprint density at radius 1 is 0.333 bits per heavy atom. The zero-order chi connectivity index (χ0) is 34.3. The van der Waals surface area contributed by atoms with Gasteiger partial charge in [-0.3, -0.25) is 0 Å². The van der Waals surface area contributed by atoms with Crippen molar-refractivity contribution in [3.05, 3.63) is 24.3 Å². The first-order valence-corrected chi connectivity index (χ1v) is 17.2. The van der Waals surface area contributed by atoms with E-state index in [9.17, 15) is 0 Å². The van der Waals surface area contributed by atoms with E-state index >= 15 is 0 Å². The largest absolute Gasteiger partial charge is 0.491 e. The molecular formula is C34H63NO13. The van der Waals surface area contributed by atoms with E-state index in [1.807, 2.05) is 12.1 Å². The second kappa shape index (κ2) is 38.1. The van der Waals surface area contributed by atoms with Gasteiger partial charge in [-0.25, -0.2) is 0 Å². The van der Waals surface area contributed by atoms with Crippen molar-refractivity contribution in [3.8, 4) is 5.75 Å². The fourth-order valence-electron chi connectivity index (χ4n) is 3.55. The fourth-order valence-corrected chi connectivity index (χ4v) is 3.55. The first-order valence-electron chi connectivity index (χ1n) is 17.2. The van der Waals surface area contributed by atoms with Crippen molar-refractivity contribution >= 4 is 5.69 Å². The summed E-state index contributed by atoms with van der Waals surface area (Å²) in [4.78, 5) is 0. The average Bonchev–Trinajstić information content (AvgIpc) is 3.10. The van der Waals surface area contributed by atoms with E-state index < -0.39 is 0 Å². The molecule has 0 atom stereocenters. The number of anilines is 1. The van der Waals surface area contributed by atoms with Gasteiger partial charge in [-0.05, 0) is 30.7 Å². The average molecular weight is 694 g/mol. The van der Waals surface area contributed by atoms with E-state index in [2.05, 4.69) is 6.92 Å². The topological polar surface area (TPSA) is 146 Å². The van der Waals surface area contributed by atoms with Gasteiger partial charge in [-0.15, -0.1) is 0 Å². The minimum atomic E-state index is 0.475. The highest BCUT2D eigenvalue weighted by Crippen LogP contribution is 2.12. The quantitative estimate of drug-likeness (QED) is 0.0794. The lowest BCUT2D eigenvalue weighted by atomic mass is 10.3. The Morgan fingerprint density at radius 2 is 0.562 bits per heavy atom. The smallest absolute Gasteiger partial charge is 0.119 e. The molecule has 0 bridgehead atoms. The number of rotatable bonds is 40. The van der Waals surface area contributed by atoms with Crippen LogP contribution in [0, 0.1) is 0 Å². The second-order valence-electron chi connectivity index (χ2n) is 10.1. The van der Waals surface area contributed by atoms with Gasteiger partial charge in [-0.1, -0.05) is 13.3 Å². The number of nitrogen functional groups attached to an aromatic ring is 1. The van der Waals surface area contributed by atoms with Gasteiger partial charge in [0.25, 0.3) is 0 Å². The molecule has 1 aromatic rings. The van der Waals surface area contributed by atoms with Gasteiger partial charge in [0.1, 0.15) is 12.4 Å². The maximum absolute atomic E-state index is 5.64. The van der Waals surface area contributed by atoms with Crippen LogP contribution in [0.5, 0.6) is 5.75 Å². The summed E-state index contributed by atoms with van der Waals surface area (Å²) >= 11 is 0. The lowest BCUT2D eigenvalue weighted by Crippen LogP contribution is -2.15. The van der Waals surface area contributed by atoms with Crippen molar-refractivity contribution in [2.24, 2.45) is 0 Å². The molecule has 1 aromatic carbocycles. The van der Waals surface area contributed by atoms with Crippen molar-refractivity contribution in [2.45, 2.75) is 19.8 Å². The molecule has 48 heavy (non-hydrogen) atoms. The maximum atomic E-state index is 5.64. The first kappa shape index (κ1) is 44.4. The van der Waals surface area contributed by atoms with Crippen LogP contribution in [0.1, 0.15) is 19.8 Å². The molecule has 0 radical (unpaired) electrons. The van der Waals surface area contributed by atoms with Crippen LogP contribution in [0.2, 0.25) is 0 Å². The molecule has 0 aliphatic rings. The molecule has 0 saturated heterocycles. The summed E-state index contributed by atoms with van der Waals surface area (Å²) in [6.07, 6.45) is 2.24. The Kier molecular flexibility index (Phi) is 35.3. The maximum Gasteiger partial charge on any atom is 0.119 e. The molecular weight excluding hydrogens is 630 g/mol. The number of hydrogen-bond donors (Lipinski definition) is 1. The molecule has 2 N–H and O–H groups in total. The van der Waals surface area contributed by atoms with Crippen molar-refractivity contribution in [1.29, 1.82) is 0 Å². The van der Waals surface area contributed by atoms with Crippen molar-refractivity contribution in [3.63, 3.8) is 0 Å². The van der Waals surface area contributed by atoms with Crippen LogP contribution >= 0.6 is 0 Å². The lowest BCUT2D eigenvalue weighted by molar-refractivity contribution is -0.0285. The number of ether oxygens (including phenoxy) is 13. The molecule has 282 valence electrons. The summed E-state index contributed by atoms with van der Waals surface area (Å²) in [5.74, 6) is 0.772. The van der Waals surface area contributed by atoms with Gasteiger partial charge in [0.15, 0.2) is 0 Å². The summed E-state index contributed by atoms with van der Waals surface area (Å²) in [7, 11) is 0. The molecule has 0 fully saturated rings. The molecule has 14 heteroatoms. The second-order valence-corrected chi connectivity index (χ2v) is 10.1. The zero-order valence-corrected chi connectivity index (χ0v) is 29.3. The Balaban J connectivity index is 1.61. The molecule has 0 heterocycles. The van der Waals surface area contributed by atoms with Crippen molar-refractivity contribution < 1.29 is 61.6 Å². The molecule has 0 spiro atoms. The van der Waals surface area contributed by atoms with Gasteiger partial charge in [0, 0.05) is 12.3 Å². The van der Waals surface area contributed by atoms with E-state index in [4.69, 9.17) is 67.3 Å². The number of hydrogen-bond acceptors (Lipinski definition) is 14. The minimum Gasteiger partial charge on any atom is -0.491 e. The molecule has 0 saturated carbocycles. The number of unbranched alkanes of at least 4 members (excludes halogenated alkanes) is 1. The molecule has 0 aliphatic heterocycles. The lowest BCUT2D eigenvalue weighted by Gasteiger charge is -2.09. The summed E-state index contributed by atoms with van der Waals surface area (Å²) in [5, 5.41) is 0. The molecule has 0 aliphatic carbocycles. The van der Waals surface area contributed by atoms with E-state index in [-0.39, 0.29) is 0 Å². The Bertz CT molecular complexity index is 748. The summed E-state index contributed by atoms with van der Waals surface area (Å²) in [6, 6.07) is 7.27. The standard InChI is InChI=1S/C34H63NO13/c1-2-3-8-36-9-10-37-11-12-38-13-14-39-15-16-40-17-18-41-19-20-42-21-22-43-23-24-44-25-26-45-27-28-46-29-30-47-31-32-48-34-6-4-33(35)5-7-34/h4-7H,2-3,8-32,35H2,1H3. The van der Waals surface area contributed by atoms with Crippen molar-refractivity contribution in [1.82, 2.24) is 0 Å². The van der Waals surface area contributed by atoms with Gasteiger partial charge in [0.2, 0.25) is 0 Å². The predicted molar refractivity (Wildman–Crippen MR) is 181 cm³/mol. The van der Waals surface area contributed by atoms with Crippen LogP contribution in [0.4, 0.5) is 5.69 Å². The normalized spacial score (nSPS) is 11.4. The Labute approximate surface area is 287 Å². The summed E-state index contributed by atoms with van der Waals surface area (Å²) in [6.45, 7) is 15.5. The third-order valence-electron chi connectivity index (χ3n) is 6.11. The Hall–Kier alpha value is -1.66. The van der Waals surface area contributed by atoms with E-state index in [0.717, 1.165) is 25.2 Å². The van der Waals surface area contributed by atoms with E-state index in [1.165, 1.54) is 0 Å². The summed E-state index contributed by atoms with van der Waals surface area (Å²) < 4.78 is 71.2. The van der Waals surface area contributed by atoms with Crippen LogP contribution in [0.3, 0.4) is 0 Å². The monoisotopic (exact) mass is 693 g/mol. The van der Waals surface area contributed by atoms with Crippen LogP contribution < -0.4 is 10.5 Å². The van der Waals surface area contributed by atoms with Crippen LogP contribution in [0.25, 0.3) is 0 Å². The highest BCUT2D eigenvalue weighted by atomic mass is 16.6. The fraction of sp³-hybridized carbons (Fsp3) is 0.824.